The molecule has 1 aromatic rings. The van der Waals surface area contributed by atoms with E-state index in [9.17, 15) is 0 Å². The highest BCUT2D eigenvalue weighted by Crippen LogP contribution is 2.31. The van der Waals surface area contributed by atoms with E-state index in [1.165, 1.54) is 18.4 Å². The summed E-state index contributed by atoms with van der Waals surface area (Å²) >= 11 is 9.67. The molecule has 0 radical (unpaired) electrons. The number of benzene rings is 1. The van der Waals surface area contributed by atoms with E-state index in [2.05, 4.69) is 47.7 Å². The van der Waals surface area contributed by atoms with Gasteiger partial charge in [0.1, 0.15) is 0 Å². The molecule has 2 N–H and O–H groups in total. The molecule has 1 aromatic carbocycles. The molecule has 0 heterocycles. The van der Waals surface area contributed by atoms with Crippen molar-refractivity contribution in [3.63, 3.8) is 0 Å². The van der Waals surface area contributed by atoms with Crippen molar-refractivity contribution in [2.75, 3.05) is 13.1 Å². The van der Waals surface area contributed by atoms with Gasteiger partial charge in [-0.2, -0.15) is 0 Å². The van der Waals surface area contributed by atoms with E-state index < -0.39 is 0 Å². The summed E-state index contributed by atoms with van der Waals surface area (Å²) < 4.78 is 1.05. The summed E-state index contributed by atoms with van der Waals surface area (Å²) in [6, 6.07) is 6.75. The Balaban J connectivity index is 3.04. The Labute approximate surface area is 136 Å². The van der Waals surface area contributed by atoms with Crippen LogP contribution in [0.3, 0.4) is 0 Å². The molecular weight excluding hydrogens is 336 g/mol. The van der Waals surface area contributed by atoms with Gasteiger partial charge in [-0.15, -0.1) is 0 Å². The molecular formula is C16H26BrClN2. The molecule has 114 valence electrons. The lowest BCUT2D eigenvalue weighted by molar-refractivity contribution is 0.140. The molecule has 0 aliphatic heterocycles. The highest BCUT2D eigenvalue weighted by molar-refractivity contribution is 9.10. The number of halogens is 2. The van der Waals surface area contributed by atoms with Crippen LogP contribution in [0.5, 0.6) is 0 Å². The summed E-state index contributed by atoms with van der Waals surface area (Å²) in [5, 5.41) is 0.750. The van der Waals surface area contributed by atoms with Gasteiger partial charge in [-0.25, -0.2) is 0 Å². The van der Waals surface area contributed by atoms with Crippen molar-refractivity contribution in [1.82, 2.24) is 4.90 Å². The average molecular weight is 362 g/mol. The maximum atomic E-state index is 6.08. The second-order valence-corrected chi connectivity index (χ2v) is 6.56. The number of nitrogens with zero attached hydrogens (tertiary/aromatic N) is 1. The smallest absolute Gasteiger partial charge is 0.0484 e. The van der Waals surface area contributed by atoms with Crippen LogP contribution in [0.25, 0.3) is 0 Å². The molecule has 0 aromatic heterocycles. The Bertz CT molecular complexity index is 411. The van der Waals surface area contributed by atoms with E-state index in [1.54, 1.807) is 0 Å². The first-order valence-electron chi connectivity index (χ1n) is 7.45. The van der Waals surface area contributed by atoms with Crippen LogP contribution in [0.4, 0.5) is 0 Å². The van der Waals surface area contributed by atoms with Gasteiger partial charge in [-0.1, -0.05) is 53.9 Å². The fourth-order valence-electron chi connectivity index (χ4n) is 2.47. The number of nitrogens with two attached hydrogens (primary N) is 1. The summed E-state index contributed by atoms with van der Waals surface area (Å²) in [6.07, 6.45) is 3.53. The molecule has 0 amide bonds. The highest BCUT2D eigenvalue weighted by Gasteiger charge is 2.24. The highest BCUT2D eigenvalue weighted by atomic mass is 79.9. The summed E-state index contributed by atoms with van der Waals surface area (Å²) in [6.45, 7) is 8.44. The van der Waals surface area contributed by atoms with Crippen molar-refractivity contribution < 1.29 is 0 Å². The zero-order valence-electron chi connectivity index (χ0n) is 12.7. The monoisotopic (exact) mass is 360 g/mol. The van der Waals surface area contributed by atoms with E-state index in [-0.39, 0.29) is 6.04 Å². The number of unbranched alkanes of at least 4 members (excludes halogenated alkanes) is 1. The van der Waals surface area contributed by atoms with Crippen LogP contribution >= 0.6 is 27.5 Å². The lowest BCUT2D eigenvalue weighted by Crippen LogP contribution is -2.40. The molecule has 0 aliphatic carbocycles. The second-order valence-electron chi connectivity index (χ2n) is 5.27. The molecule has 20 heavy (non-hydrogen) atoms. The van der Waals surface area contributed by atoms with Gasteiger partial charge in [0.05, 0.1) is 0 Å². The van der Waals surface area contributed by atoms with Crippen molar-refractivity contribution in [2.45, 2.75) is 52.1 Å². The van der Waals surface area contributed by atoms with E-state index in [0.29, 0.717) is 12.6 Å². The lowest BCUT2D eigenvalue weighted by atomic mass is 10.0. The molecule has 0 spiro atoms. The first-order valence-corrected chi connectivity index (χ1v) is 8.62. The quantitative estimate of drug-likeness (QED) is 0.705. The molecule has 1 rings (SSSR count). The first kappa shape index (κ1) is 18.0. The van der Waals surface area contributed by atoms with Crippen LogP contribution < -0.4 is 5.73 Å². The third-order valence-corrected chi connectivity index (χ3v) is 4.79. The summed E-state index contributed by atoms with van der Waals surface area (Å²) in [7, 11) is 0. The first-order chi connectivity index (χ1) is 9.54. The van der Waals surface area contributed by atoms with Crippen molar-refractivity contribution >= 4 is 27.5 Å². The van der Waals surface area contributed by atoms with Crippen LogP contribution in [0, 0.1) is 0 Å². The molecule has 0 aliphatic rings. The van der Waals surface area contributed by atoms with Crippen LogP contribution in [0.2, 0.25) is 5.02 Å². The Morgan fingerprint density at radius 1 is 1.35 bits per heavy atom. The molecule has 0 saturated heterocycles. The predicted octanol–water partition coefficient (Wildman–Crippen LogP) is 5.00. The minimum atomic E-state index is 0.239. The topological polar surface area (TPSA) is 29.3 Å². The SMILES string of the molecule is CCCCN(C(C)CC)C(CN)c1ccc(Cl)cc1Br. The van der Waals surface area contributed by atoms with Gasteiger partial charge in [-0.05, 0) is 44.0 Å². The Hall–Kier alpha value is -0.0900. The molecule has 0 bridgehead atoms. The standard InChI is InChI=1S/C16H26BrClN2/c1-4-6-9-20(12(3)5-2)16(11-19)14-8-7-13(18)10-15(14)17/h7-8,10,12,16H,4-6,9,11,19H2,1-3H3. The third-order valence-electron chi connectivity index (χ3n) is 3.87. The van der Waals surface area contributed by atoms with E-state index in [1.807, 2.05) is 12.1 Å². The molecule has 4 heteroatoms. The fraction of sp³-hybridized carbons (Fsp3) is 0.625. The lowest BCUT2D eigenvalue weighted by Gasteiger charge is -2.36. The van der Waals surface area contributed by atoms with Crippen molar-refractivity contribution in [3.8, 4) is 0 Å². The second kappa shape index (κ2) is 9.04. The Kier molecular flexibility index (Phi) is 8.11. The zero-order chi connectivity index (χ0) is 15.1. The van der Waals surface area contributed by atoms with Crippen LogP contribution in [-0.4, -0.2) is 24.0 Å². The van der Waals surface area contributed by atoms with Gasteiger partial charge >= 0.3 is 0 Å². The van der Waals surface area contributed by atoms with Crippen LogP contribution in [0.15, 0.2) is 22.7 Å². The van der Waals surface area contributed by atoms with E-state index in [4.69, 9.17) is 17.3 Å². The van der Waals surface area contributed by atoms with Gasteiger partial charge in [-0.3, -0.25) is 4.90 Å². The van der Waals surface area contributed by atoms with E-state index >= 15 is 0 Å². The number of rotatable bonds is 8. The van der Waals surface area contributed by atoms with Crippen LogP contribution in [0.1, 0.15) is 51.6 Å². The summed E-state index contributed by atoms with van der Waals surface area (Å²) in [5.74, 6) is 0. The van der Waals surface area contributed by atoms with Gasteiger partial charge < -0.3 is 5.73 Å². The number of hydrogen-bond donors (Lipinski definition) is 1. The van der Waals surface area contributed by atoms with Crippen molar-refractivity contribution in [2.24, 2.45) is 5.73 Å². The molecule has 0 fully saturated rings. The average Bonchev–Trinajstić information content (AvgIpc) is 2.44. The van der Waals surface area contributed by atoms with Gasteiger partial charge in [0, 0.05) is 28.1 Å². The Morgan fingerprint density at radius 2 is 2.05 bits per heavy atom. The van der Waals surface area contributed by atoms with E-state index in [0.717, 1.165) is 22.5 Å². The molecule has 2 unspecified atom stereocenters. The van der Waals surface area contributed by atoms with Gasteiger partial charge in [0.2, 0.25) is 0 Å². The number of hydrogen-bond acceptors (Lipinski definition) is 2. The maximum absolute atomic E-state index is 6.08. The molecule has 2 nitrogen and oxygen atoms in total. The fourth-order valence-corrected chi connectivity index (χ4v) is 3.42. The minimum Gasteiger partial charge on any atom is -0.329 e. The molecule has 2 atom stereocenters. The summed E-state index contributed by atoms with van der Waals surface area (Å²) in [5.41, 5.74) is 7.31. The summed E-state index contributed by atoms with van der Waals surface area (Å²) in [4.78, 5) is 2.53. The third kappa shape index (κ3) is 4.73. The van der Waals surface area contributed by atoms with Gasteiger partial charge in [0.15, 0.2) is 0 Å². The normalized spacial score (nSPS) is 14.6. The van der Waals surface area contributed by atoms with Gasteiger partial charge in [0.25, 0.3) is 0 Å². The minimum absolute atomic E-state index is 0.239. The zero-order valence-corrected chi connectivity index (χ0v) is 15.0. The maximum Gasteiger partial charge on any atom is 0.0484 e. The predicted molar refractivity (Wildman–Crippen MR) is 92.3 cm³/mol. The van der Waals surface area contributed by atoms with Crippen LogP contribution in [-0.2, 0) is 0 Å². The molecule has 0 saturated carbocycles. The largest absolute Gasteiger partial charge is 0.329 e. The Morgan fingerprint density at radius 3 is 2.55 bits per heavy atom. The van der Waals surface area contributed by atoms with Crippen molar-refractivity contribution in [1.29, 1.82) is 0 Å². The van der Waals surface area contributed by atoms with Crippen molar-refractivity contribution in [3.05, 3.63) is 33.3 Å².